The molecule has 0 fully saturated rings. The molecule has 0 aliphatic carbocycles. The first-order chi connectivity index (χ1) is 7.58. The Kier molecular flexibility index (Phi) is 4.84. The van der Waals surface area contributed by atoms with Crippen LogP contribution in [0.25, 0.3) is 0 Å². The van der Waals surface area contributed by atoms with Gasteiger partial charge in [0.15, 0.2) is 0 Å². The molecule has 16 heavy (non-hydrogen) atoms. The van der Waals surface area contributed by atoms with E-state index in [9.17, 15) is 0 Å². The van der Waals surface area contributed by atoms with Gasteiger partial charge in [-0.1, -0.05) is 27.2 Å². The molecule has 0 spiro atoms. The summed E-state index contributed by atoms with van der Waals surface area (Å²) < 4.78 is 0. The van der Waals surface area contributed by atoms with E-state index in [2.05, 4.69) is 43.2 Å². The van der Waals surface area contributed by atoms with Gasteiger partial charge in [0.05, 0.1) is 17.1 Å². The average Bonchev–Trinajstić information content (AvgIpc) is 2.59. The van der Waals surface area contributed by atoms with E-state index in [1.807, 2.05) is 6.92 Å². The topological polar surface area (TPSA) is 40.7 Å². The van der Waals surface area contributed by atoms with Crippen molar-refractivity contribution in [2.24, 2.45) is 5.92 Å². The molecular formula is C13H25N3. The van der Waals surface area contributed by atoms with Gasteiger partial charge in [0, 0.05) is 6.04 Å². The fourth-order valence-corrected chi connectivity index (χ4v) is 1.95. The molecule has 2 unspecified atom stereocenters. The number of aromatic amines is 1. The molecule has 0 saturated heterocycles. The lowest BCUT2D eigenvalue weighted by Gasteiger charge is -2.21. The van der Waals surface area contributed by atoms with Crippen molar-refractivity contribution in [3.8, 4) is 0 Å². The Balaban J connectivity index is 2.63. The van der Waals surface area contributed by atoms with Crippen LogP contribution in [0.5, 0.6) is 0 Å². The zero-order chi connectivity index (χ0) is 12.1. The van der Waals surface area contributed by atoms with Gasteiger partial charge in [-0.15, -0.1) is 0 Å². The van der Waals surface area contributed by atoms with Crippen LogP contribution < -0.4 is 5.32 Å². The standard InChI is InChI=1S/C13H25N3/c1-6-9(3)8-12(7-2)14-13-10(4)15-16-11(13)5/h9,12,14H,6-8H2,1-5H3,(H,15,16). The molecule has 2 atom stereocenters. The van der Waals surface area contributed by atoms with Crippen LogP contribution in [0.3, 0.4) is 0 Å². The van der Waals surface area contributed by atoms with Crippen molar-refractivity contribution in [3.05, 3.63) is 11.4 Å². The summed E-state index contributed by atoms with van der Waals surface area (Å²) in [6, 6.07) is 0.560. The van der Waals surface area contributed by atoms with Crippen molar-refractivity contribution in [1.29, 1.82) is 0 Å². The van der Waals surface area contributed by atoms with Gasteiger partial charge in [-0.2, -0.15) is 5.10 Å². The minimum atomic E-state index is 0.560. The number of hydrogen-bond donors (Lipinski definition) is 2. The van der Waals surface area contributed by atoms with E-state index in [0.29, 0.717) is 6.04 Å². The Bertz CT molecular complexity index is 297. The molecule has 0 radical (unpaired) electrons. The number of anilines is 1. The van der Waals surface area contributed by atoms with E-state index in [-0.39, 0.29) is 0 Å². The maximum Gasteiger partial charge on any atom is 0.0825 e. The fourth-order valence-electron chi connectivity index (χ4n) is 1.95. The fraction of sp³-hybridized carbons (Fsp3) is 0.769. The van der Waals surface area contributed by atoms with Gasteiger partial charge >= 0.3 is 0 Å². The first kappa shape index (κ1) is 13.1. The normalized spacial score (nSPS) is 14.8. The summed E-state index contributed by atoms with van der Waals surface area (Å²) in [5.41, 5.74) is 3.40. The Morgan fingerprint density at radius 1 is 1.25 bits per heavy atom. The molecule has 2 N–H and O–H groups in total. The summed E-state index contributed by atoms with van der Waals surface area (Å²) in [4.78, 5) is 0. The van der Waals surface area contributed by atoms with Crippen LogP contribution >= 0.6 is 0 Å². The Labute approximate surface area is 99.0 Å². The van der Waals surface area contributed by atoms with Crippen LogP contribution in [-0.4, -0.2) is 16.2 Å². The Morgan fingerprint density at radius 2 is 1.94 bits per heavy atom. The first-order valence-electron chi connectivity index (χ1n) is 6.36. The highest BCUT2D eigenvalue weighted by atomic mass is 15.2. The van der Waals surface area contributed by atoms with E-state index in [1.165, 1.54) is 18.5 Å². The Hall–Kier alpha value is -0.990. The SMILES string of the molecule is CCC(C)CC(CC)Nc1c(C)n[nH]c1C. The highest BCUT2D eigenvalue weighted by molar-refractivity contribution is 5.52. The maximum absolute atomic E-state index is 4.22. The molecule has 0 saturated carbocycles. The van der Waals surface area contributed by atoms with E-state index >= 15 is 0 Å². The largest absolute Gasteiger partial charge is 0.379 e. The van der Waals surface area contributed by atoms with Crippen LogP contribution in [-0.2, 0) is 0 Å². The van der Waals surface area contributed by atoms with Crippen LogP contribution in [0.15, 0.2) is 0 Å². The Morgan fingerprint density at radius 3 is 2.38 bits per heavy atom. The maximum atomic E-state index is 4.22. The van der Waals surface area contributed by atoms with Gasteiger partial charge in [-0.25, -0.2) is 0 Å². The number of rotatable bonds is 6. The highest BCUT2D eigenvalue weighted by Crippen LogP contribution is 2.21. The smallest absolute Gasteiger partial charge is 0.0825 e. The lowest BCUT2D eigenvalue weighted by atomic mass is 9.97. The summed E-state index contributed by atoms with van der Waals surface area (Å²) in [5, 5.41) is 10.9. The van der Waals surface area contributed by atoms with Crippen molar-refractivity contribution in [1.82, 2.24) is 10.2 Å². The molecule has 3 heteroatoms. The molecule has 1 rings (SSSR count). The molecule has 1 aromatic rings. The second-order valence-electron chi connectivity index (χ2n) is 4.81. The summed E-state index contributed by atoms with van der Waals surface area (Å²) in [7, 11) is 0. The quantitative estimate of drug-likeness (QED) is 0.772. The molecule has 0 bridgehead atoms. The van der Waals surface area contributed by atoms with E-state index in [0.717, 1.165) is 23.7 Å². The molecule has 1 aromatic heterocycles. The number of aromatic nitrogens is 2. The summed E-state index contributed by atoms with van der Waals surface area (Å²) in [6.45, 7) is 10.9. The van der Waals surface area contributed by atoms with Crippen molar-refractivity contribution < 1.29 is 0 Å². The van der Waals surface area contributed by atoms with Crippen molar-refractivity contribution in [3.63, 3.8) is 0 Å². The predicted octanol–water partition coefficient (Wildman–Crippen LogP) is 3.65. The number of nitrogens with zero attached hydrogens (tertiary/aromatic N) is 1. The molecule has 1 heterocycles. The zero-order valence-corrected chi connectivity index (χ0v) is 11.2. The van der Waals surface area contributed by atoms with Crippen LogP contribution in [0.2, 0.25) is 0 Å². The first-order valence-corrected chi connectivity index (χ1v) is 6.36. The van der Waals surface area contributed by atoms with E-state index < -0.39 is 0 Å². The van der Waals surface area contributed by atoms with Crippen LogP contribution in [0.1, 0.15) is 51.4 Å². The van der Waals surface area contributed by atoms with Gasteiger partial charge in [0.1, 0.15) is 0 Å². The third kappa shape index (κ3) is 3.26. The van der Waals surface area contributed by atoms with Crippen LogP contribution in [0.4, 0.5) is 5.69 Å². The third-order valence-corrected chi connectivity index (χ3v) is 3.35. The van der Waals surface area contributed by atoms with Gasteiger partial charge in [-0.3, -0.25) is 5.10 Å². The summed E-state index contributed by atoms with van der Waals surface area (Å²) >= 11 is 0. The van der Waals surface area contributed by atoms with Gasteiger partial charge in [0.25, 0.3) is 0 Å². The number of H-pyrrole nitrogens is 1. The molecular weight excluding hydrogens is 198 g/mol. The van der Waals surface area contributed by atoms with Gasteiger partial charge in [-0.05, 0) is 32.6 Å². The van der Waals surface area contributed by atoms with Crippen LogP contribution in [0, 0.1) is 19.8 Å². The summed E-state index contributed by atoms with van der Waals surface area (Å²) in [6.07, 6.45) is 3.65. The van der Waals surface area contributed by atoms with Gasteiger partial charge in [0.2, 0.25) is 0 Å². The molecule has 0 amide bonds. The van der Waals surface area contributed by atoms with E-state index in [1.54, 1.807) is 0 Å². The van der Waals surface area contributed by atoms with Crippen molar-refractivity contribution >= 4 is 5.69 Å². The van der Waals surface area contributed by atoms with Crippen molar-refractivity contribution in [2.45, 2.75) is 59.9 Å². The number of hydrogen-bond acceptors (Lipinski definition) is 2. The second kappa shape index (κ2) is 5.92. The van der Waals surface area contributed by atoms with E-state index in [4.69, 9.17) is 0 Å². The molecule has 0 aliphatic rings. The molecule has 0 aliphatic heterocycles. The molecule has 92 valence electrons. The average molecular weight is 223 g/mol. The van der Waals surface area contributed by atoms with Crippen molar-refractivity contribution in [2.75, 3.05) is 5.32 Å². The number of aryl methyl sites for hydroxylation is 2. The number of nitrogens with one attached hydrogen (secondary N) is 2. The minimum Gasteiger partial charge on any atom is -0.379 e. The third-order valence-electron chi connectivity index (χ3n) is 3.35. The minimum absolute atomic E-state index is 0.560. The monoisotopic (exact) mass is 223 g/mol. The molecule has 0 aromatic carbocycles. The zero-order valence-electron chi connectivity index (χ0n) is 11.2. The lowest BCUT2D eigenvalue weighted by molar-refractivity contribution is 0.461. The highest BCUT2D eigenvalue weighted by Gasteiger charge is 2.13. The second-order valence-corrected chi connectivity index (χ2v) is 4.81. The predicted molar refractivity (Wildman–Crippen MR) is 69.8 cm³/mol. The van der Waals surface area contributed by atoms with Gasteiger partial charge < -0.3 is 5.32 Å². The summed E-state index contributed by atoms with van der Waals surface area (Å²) in [5.74, 6) is 0.782. The molecule has 3 nitrogen and oxygen atoms in total. The lowest BCUT2D eigenvalue weighted by Crippen LogP contribution is -2.21.